The molecular formula is C11H16FNO. The van der Waals surface area contributed by atoms with E-state index in [-0.39, 0.29) is 5.82 Å². The summed E-state index contributed by atoms with van der Waals surface area (Å²) in [5.74, 6) is -0.200. The van der Waals surface area contributed by atoms with Crippen molar-refractivity contribution in [3.05, 3.63) is 35.1 Å². The van der Waals surface area contributed by atoms with E-state index in [1.54, 1.807) is 13.0 Å². The van der Waals surface area contributed by atoms with Gasteiger partial charge in [0.25, 0.3) is 0 Å². The lowest BCUT2D eigenvalue weighted by molar-refractivity contribution is 0.191. The van der Waals surface area contributed by atoms with Crippen molar-refractivity contribution in [1.29, 1.82) is 0 Å². The minimum absolute atomic E-state index is 0.200. The zero-order valence-corrected chi connectivity index (χ0v) is 8.55. The molecule has 78 valence electrons. The molecule has 0 amide bonds. The predicted octanol–water partition coefficient (Wildman–Crippen LogP) is 1.60. The first-order chi connectivity index (χ1) is 6.59. The van der Waals surface area contributed by atoms with E-state index >= 15 is 0 Å². The number of hydrogen-bond acceptors (Lipinski definition) is 2. The molecule has 0 spiro atoms. The standard InChI is InChI=1S/C11H16FNO/c1-8-3-4-11(12)10(5-8)7-13-6-9(2)14/h3-5,9,13-14H,6-7H2,1-2H3/t9-/m0/s1. The lowest BCUT2D eigenvalue weighted by Crippen LogP contribution is -2.24. The second-order valence-corrected chi connectivity index (χ2v) is 3.57. The molecule has 0 aromatic heterocycles. The number of hydrogen-bond donors (Lipinski definition) is 2. The maximum Gasteiger partial charge on any atom is 0.127 e. The molecule has 0 radical (unpaired) electrons. The Labute approximate surface area is 83.8 Å². The van der Waals surface area contributed by atoms with Crippen LogP contribution < -0.4 is 5.32 Å². The molecule has 0 heterocycles. The van der Waals surface area contributed by atoms with Crippen LogP contribution >= 0.6 is 0 Å². The second-order valence-electron chi connectivity index (χ2n) is 3.57. The molecule has 1 aromatic carbocycles. The molecule has 1 atom stereocenters. The van der Waals surface area contributed by atoms with E-state index in [0.29, 0.717) is 18.7 Å². The van der Waals surface area contributed by atoms with E-state index in [9.17, 15) is 4.39 Å². The molecule has 1 rings (SSSR count). The minimum Gasteiger partial charge on any atom is -0.392 e. The number of aliphatic hydroxyl groups is 1. The third-order valence-corrected chi connectivity index (χ3v) is 1.96. The van der Waals surface area contributed by atoms with Gasteiger partial charge in [0.1, 0.15) is 5.82 Å². The van der Waals surface area contributed by atoms with E-state index in [2.05, 4.69) is 5.32 Å². The highest BCUT2D eigenvalue weighted by atomic mass is 19.1. The smallest absolute Gasteiger partial charge is 0.127 e. The molecule has 14 heavy (non-hydrogen) atoms. The van der Waals surface area contributed by atoms with Gasteiger partial charge in [0.05, 0.1) is 6.10 Å². The van der Waals surface area contributed by atoms with Gasteiger partial charge in [-0.3, -0.25) is 0 Å². The fraction of sp³-hybridized carbons (Fsp3) is 0.455. The predicted molar refractivity (Wildman–Crippen MR) is 54.5 cm³/mol. The number of aryl methyl sites for hydroxylation is 1. The zero-order chi connectivity index (χ0) is 10.6. The molecule has 0 aliphatic carbocycles. The average molecular weight is 197 g/mol. The van der Waals surface area contributed by atoms with Gasteiger partial charge in [0.2, 0.25) is 0 Å². The Morgan fingerprint density at radius 1 is 1.50 bits per heavy atom. The van der Waals surface area contributed by atoms with Crippen LogP contribution in [0.4, 0.5) is 4.39 Å². The van der Waals surface area contributed by atoms with E-state index < -0.39 is 6.10 Å². The highest BCUT2D eigenvalue weighted by molar-refractivity contribution is 5.23. The van der Waals surface area contributed by atoms with E-state index in [1.165, 1.54) is 6.07 Å². The molecule has 3 heteroatoms. The van der Waals surface area contributed by atoms with Crippen molar-refractivity contribution in [2.75, 3.05) is 6.54 Å². The highest BCUT2D eigenvalue weighted by Crippen LogP contribution is 2.09. The summed E-state index contributed by atoms with van der Waals surface area (Å²) in [4.78, 5) is 0. The van der Waals surface area contributed by atoms with Crippen molar-refractivity contribution < 1.29 is 9.50 Å². The third kappa shape index (κ3) is 3.44. The summed E-state index contributed by atoms with van der Waals surface area (Å²) in [6, 6.07) is 5.02. The van der Waals surface area contributed by atoms with Crippen LogP contribution in [0.2, 0.25) is 0 Å². The highest BCUT2D eigenvalue weighted by Gasteiger charge is 2.02. The second kappa shape index (κ2) is 5.08. The van der Waals surface area contributed by atoms with Gasteiger partial charge in [0, 0.05) is 18.7 Å². The molecule has 0 aliphatic rings. The molecule has 2 nitrogen and oxygen atoms in total. The first kappa shape index (κ1) is 11.1. The number of rotatable bonds is 4. The lowest BCUT2D eigenvalue weighted by atomic mass is 10.1. The maximum atomic E-state index is 13.2. The van der Waals surface area contributed by atoms with Crippen LogP contribution in [0, 0.1) is 12.7 Å². The summed E-state index contributed by atoms with van der Waals surface area (Å²) in [5.41, 5.74) is 1.69. The van der Waals surface area contributed by atoms with Crippen molar-refractivity contribution in [2.24, 2.45) is 0 Å². The molecule has 0 bridgehead atoms. The van der Waals surface area contributed by atoms with Crippen molar-refractivity contribution in [1.82, 2.24) is 5.32 Å². The van der Waals surface area contributed by atoms with Gasteiger partial charge in [-0.1, -0.05) is 17.7 Å². The summed E-state index contributed by atoms with van der Waals surface area (Å²) < 4.78 is 13.2. The van der Waals surface area contributed by atoms with Crippen molar-refractivity contribution in [2.45, 2.75) is 26.5 Å². The van der Waals surface area contributed by atoms with E-state index in [4.69, 9.17) is 5.11 Å². The molecule has 0 unspecified atom stereocenters. The Morgan fingerprint density at radius 3 is 2.86 bits per heavy atom. The van der Waals surface area contributed by atoms with Gasteiger partial charge in [-0.05, 0) is 19.9 Å². The SMILES string of the molecule is Cc1ccc(F)c(CNC[C@H](C)O)c1. The first-order valence-electron chi connectivity index (χ1n) is 4.73. The summed E-state index contributed by atoms with van der Waals surface area (Å²) in [5, 5.41) is 12.0. The van der Waals surface area contributed by atoms with Crippen LogP contribution in [0.1, 0.15) is 18.1 Å². The van der Waals surface area contributed by atoms with Gasteiger partial charge >= 0.3 is 0 Å². The molecule has 0 aliphatic heterocycles. The normalized spacial score (nSPS) is 12.9. The first-order valence-corrected chi connectivity index (χ1v) is 4.73. The Hall–Kier alpha value is -0.930. The Balaban J connectivity index is 2.53. The van der Waals surface area contributed by atoms with E-state index in [0.717, 1.165) is 5.56 Å². The molecule has 0 saturated carbocycles. The fourth-order valence-corrected chi connectivity index (χ4v) is 1.25. The molecule has 0 fully saturated rings. The van der Waals surface area contributed by atoms with Crippen LogP contribution in [-0.2, 0) is 6.54 Å². The third-order valence-electron chi connectivity index (χ3n) is 1.96. The summed E-state index contributed by atoms with van der Waals surface area (Å²) >= 11 is 0. The number of halogens is 1. The molecule has 0 saturated heterocycles. The number of nitrogens with one attached hydrogen (secondary N) is 1. The molecule has 2 N–H and O–H groups in total. The van der Waals surface area contributed by atoms with Gasteiger partial charge in [-0.2, -0.15) is 0 Å². The molecular weight excluding hydrogens is 181 g/mol. The number of benzene rings is 1. The minimum atomic E-state index is -0.400. The van der Waals surface area contributed by atoms with Crippen LogP contribution in [0.15, 0.2) is 18.2 Å². The maximum absolute atomic E-state index is 13.2. The Morgan fingerprint density at radius 2 is 2.21 bits per heavy atom. The Kier molecular flexibility index (Phi) is 4.04. The number of aliphatic hydroxyl groups excluding tert-OH is 1. The van der Waals surface area contributed by atoms with Gasteiger partial charge in [-0.25, -0.2) is 4.39 Å². The largest absolute Gasteiger partial charge is 0.392 e. The van der Waals surface area contributed by atoms with Crippen LogP contribution in [-0.4, -0.2) is 17.8 Å². The Bertz CT molecular complexity index is 299. The topological polar surface area (TPSA) is 32.3 Å². The quantitative estimate of drug-likeness (QED) is 0.768. The van der Waals surface area contributed by atoms with E-state index in [1.807, 2.05) is 13.0 Å². The van der Waals surface area contributed by atoms with Crippen LogP contribution in [0.5, 0.6) is 0 Å². The molecule has 1 aromatic rings. The van der Waals surface area contributed by atoms with Gasteiger partial charge in [-0.15, -0.1) is 0 Å². The lowest BCUT2D eigenvalue weighted by Gasteiger charge is -2.08. The summed E-state index contributed by atoms with van der Waals surface area (Å²) in [6.45, 7) is 4.56. The van der Waals surface area contributed by atoms with Crippen LogP contribution in [0.3, 0.4) is 0 Å². The monoisotopic (exact) mass is 197 g/mol. The van der Waals surface area contributed by atoms with Crippen molar-refractivity contribution in [3.63, 3.8) is 0 Å². The van der Waals surface area contributed by atoms with Crippen molar-refractivity contribution >= 4 is 0 Å². The van der Waals surface area contributed by atoms with Crippen molar-refractivity contribution in [3.8, 4) is 0 Å². The zero-order valence-electron chi connectivity index (χ0n) is 8.55. The summed E-state index contributed by atoms with van der Waals surface area (Å²) in [7, 11) is 0. The summed E-state index contributed by atoms with van der Waals surface area (Å²) in [6.07, 6.45) is -0.400. The van der Waals surface area contributed by atoms with Gasteiger partial charge < -0.3 is 10.4 Å². The van der Waals surface area contributed by atoms with Crippen LogP contribution in [0.25, 0.3) is 0 Å². The van der Waals surface area contributed by atoms with Gasteiger partial charge in [0.15, 0.2) is 0 Å². The average Bonchev–Trinajstić information content (AvgIpc) is 2.10. The fourth-order valence-electron chi connectivity index (χ4n) is 1.25.